The van der Waals surface area contributed by atoms with Gasteiger partial charge in [-0.25, -0.2) is 0 Å². The summed E-state index contributed by atoms with van der Waals surface area (Å²) in [7, 11) is 1.41. The Morgan fingerprint density at radius 3 is 2.52 bits per heavy atom. The number of fused-ring (bicyclic) bond motifs is 1. The van der Waals surface area contributed by atoms with Crippen molar-refractivity contribution in [3.05, 3.63) is 50.1 Å². The van der Waals surface area contributed by atoms with E-state index in [1.807, 2.05) is 0 Å². The van der Waals surface area contributed by atoms with Gasteiger partial charge in [0.2, 0.25) is 5.91 Å². The van der Waals surface area contributed by atoms with Gasteiger partial charge in [-0.15, -0.1) is 0 Å². The van der Waals surface area contributed by atoms with E-state index < -0.39 is 5.91 Å². The van der Waals surface area contributed by atoms with Crippen molar-refractivity contribution in [3.63, 3.8) is 0 Å². The molecule has 1 aliphatic heterocycles. The number of rotatable bonds is 3. The Hall–Kier alpha value is -2.74. The molecule has 1 aromatic heterocycles. The van der Waals surface area contributed by atoms with Gasteiger partial charge in [0.1, 0.15) is 6.54 Å². The molecule has 3 rings (SSSR count). The second kappa shape index (κ2) is 5.47. The van der Waals surface area contributed by atoms with E-state index in [1.165, 1.54) is 23.7 Å². The number of nitrogens with zero attached hydrogens (tertiary/aromatic N) is 2. The van der Waals surface area contributed by atoms with Crippen LogP contribution in [0.5, 0.6) is 0 Å². The molecule has 0 unspecified atom stereocenters. The number of thiazole rings is 1. The number of imide groups is 1. The summed E-state index contributed by atoms with van der Waals surface area (Å²) in [6, 6.07) is 4.54. The second-order valence-corrected chi connectivity index (χ2v) is 6.03. The standard InChI is InChI=1S/C15H13N3O4S/c1-8-7-23-15(22)18(8)6-12(19)16-9-3-4-10-11(5-9)14(21)17(2)13(10)20/h3-5,7H,6H2,1-2H3,(H,16,19). The summed E-state index contributed by atoms with van der Waals surface area (Å²) in [6.07, 6.45) is 0. The molecule has 2 heterocycles. The fraction of sp³-hybridized carbons (Fsp3) is 0.200. The molecule has 118 valence electrons. The number of amides is 3. The van der Waals surface area contributed by atoms with Crippen molar-refractivity contribution in [1.82, 2.24) is 9.47 Å². The van der Waals surface area contributed by atoms with Crippen molar-refractivity contribution in [3.8, 4) is 0 Å². The predicted molar refractivity (Wildman–Crippen MR) is 84.8 cm³/mol. The molecule has 0 saturated carbocycles. The summed E-state index contributed by atoms with van der Waals surface area (Å²) < 4.78 is 1.37. The summed E-state index contributed by atoms with van der Waals surface area (Å²) in [6.45, 7) is 1.65. The number of benzene rings is 1. The molecule has 0 bridgehead atoms. The lowest BCUT2D eigenvalue weighted by Crippen LogP contribution is -2.25. The number of anilines is 1. The maximum Gasteiger partial charge on any atom is 0.307 e. The molecule has 1 N–H and O–H groups in total. The molecule has 7 nitrogen and oxygen atoms in total. The first-order valence-electron chi connectivity index (χ1n) is 6.79. The molecular weight excluding hydrogens is 318 g/mol. The lowest BCUT2D eigenvalue weighted by atomic mass is 10.1. The number of hydrogen-bond acceptors (Lipinski definition) is 5. The molecule has 8 heteroatoms. The van der Waals surface area contributed by atoms with E-state index in [4.69, 9.17) is 0 Å². The predicted octanol–water partition coefficient (Wildman–Crippen LogP) is 1.08. The Morgan fingerprint density at radius 2 is 1.87 bits per heavy atom. The summed E-state index contributed by atoms with van der Waals surface area (Å²) in [5.41, 5.74) is 1.71. The van der Waals surface area contributed by atoms with Crippen LogP contribution >= 0.6 is 11.3 Å². The molecule has 0 saturated heterocycles. The highest BCUT2D eigenvalue weighted by Crippen LogP contribution is 2.24. The van der Waals surface area contributed by atoms with E-state index in [0.29, 0.717) is 16.9 Å². The van der Waals surface area contributed by atoms with Gasteiger partial charge in [0.25, 0.3) is 11.8 Å². The number of hydrogen-bond donors (Lipinski definition) is 1. The zero-order valence-corrected chi connectivity index (χ0v) is 13.3. The fourth-order valence-electron chi connectivity index (χ4n) is 2.38. The molecular formula is C15H13N3O4S. The zero-order valence-electron chi connectivity index (χ0n) is 12.5. The van der Waals surface area contributed by atoms with Gasteiger partial charge in [-0.05, 0) is 25.1 Å². The van der Waals surface area contributed by atoms with Crippen LogP contribution < -0.4 is 10.2 Å². The van der Waals surface area contributed by atoms with E-state index in [-0.39, 0.29) is 28.8 Å². The van der Waals surface area contributed by atoms with Gasteiger partial charge in [0, 0.05) is 23.8 Å². The zero-order chi connectivity index (χ0) is 16.7. The van der Waals surface area contributed by atoms with Crippen LogP contribution in [0.25, 0.3) is 0 Å². The fourth-order valence-corrected chi connectivity index (χ4v) is 3.11. The van der Waals surface area contributed by atoms with Gasteiger partial charge < -0.3 is 5.32 Å². The van der Waals surface area contributed by atoms with Crippen molar-refractivity contribution in [1.29, 1.82) is 0 Å². The lowest BCUT2D eigenvalue weighted by Gasteiger charge is -2.07. The first-order chi connectivity index (χ1) is 10.9. The largest absolute Gasteiger partial charge is 0.325 e. The highest BCUT2D eigenvalue weighted by atomic mass is 32.1. The first-order valence-corrected chi connectivity index (χ1v) is 7.67. The van der Waals surface area contributed by atoms with Crippen LogP contribution in [-0.2, 0) is 11.3 Å². The summed E-state index contributed by atoms with van der Waals surface area (Å²) in [5, 5.41) is 4.32. The molecule has 0 spiro atoms. The SMILES string of the molecule is Cc1csc(=O)n1CC(=O)Nc1ccc2c(c1)C(=O)N(C)C2=O. The van der Waals surface area contributed by atoms with Gasteiger partial charge in [-0.3, -0.25) is 28.6 Å². The van der Waals surface area contributed by atoms with Crippen molar-refractivity contribution in [2.75, 3.05) is 12.4 Å². The van der Waals surface area contributed by atoms with E-state index >= 15 is 0 Å². The van der Waals surface area contributed by atoms with E-state index in [9.17, 15) is 19.2 Å². The number of aromatic nitrogens is 1. The monoisotopic (exact) mass is 331 g/mol. The molecule has 3 amide bonds. The minimum Gasteiger partial charge on any atom is -0.325 e. The molecule has 2 aromatic rings. The van der Waals surface area contributed by atoms with Gasteiger partial charge in [0.05, 0.1) is 11.1 Å². The van der Waals surface area contributed by atoms with E-state index in [2.05, 4.69) is 5.32 Å². The van der Waals surface area contributed by atoms with Crippen molar-refractivity contribution >= 4 is 34.7 Å². The Labute approximate surface area is 135 Å². The Morgan fingerprint density at radius 1 is 1.17 bits per heavy atom. The lowest BCUT2D eigenvalue weighted by molar-refractivity contribution is -0.116. The number of carbonyl (C=O) groups excluding carboxylic acids is 3. The molecule has 1 aromatic carbocycles. The van der Waals surface area contributed by atoms with Gasteiger partial charge >= 0.3 is 4.87 Å². The third-order valence-corrected chi connectivity index (χ3v) is 4.53. The van der Waals surface area contributed by atoms with Crippen molar-refractivity contribution < 1.29 is 14.4 Å². The second-order valence-electron chi connectivity index (χ2n) is 5.21. The highest BCUT2D eigenvalue weighted by Gasteiger charge is 2.32. The number of aryl methyl sites for hydroxylation is 1. The van der Waals surface area contributed by atoms with Crippen molar-refractivity contribution in [2.24, 2.45) is 0 Å². The summed E-state index contributed by atoms with van der Waals surface area (Å²) in [4.78, 5) is 48.3. The first kappa shape index (κ1) is 15.2. The third kappa shape index (κ3) is 2.57. The molecule has 23 heavy (non-hydrogen) atoms. The highest BCUT2D eigenvalue weighted by molar-refractivity contribution is 7.07. The molecule has 0 atom stereocenters. The quantitative estimate of drug-likeness (QED) is 0.853. The van der Waals surface area contributed by atoms with Crippen LogP contribution in [0.2, 0.25) is 0 Å². The normalized spacial score (nSPS) is 13.4. The van der Waals surface area contributed by atoms with Crippen LogP contribution in [0.4, 0.5) is 5.69 Å². The molecule has 0 radical (unpaired) electrons. The van der Waals surface area contributed by atoms with Crippen LogP contribution in [0.1, 0.15) is 26.4 Å². The van der Waals surface area contributed by atoms with Gasteiger partial charge in [-0.2, -0.15) is 0 Å². The topological polar surface area (TPSA) is 88.5 Å². The summed E-state index contributed by atoms with van der Waals surface area (Å²) in [5.74, 6) is -1.13. The average molecular weight is 331 g/mol. The summed E-state index contributed by atoms with van der Waals surface area (Å²) >= 11 is 1.04. The average Bonchev–Trinajstić information content (AvgIpc) is 2.94. The van der Waals surface area contributed by atoms with Crippen LogP contribution in [0, 0.1) is 6.92 Å². The van der Waals surface area contributed by atoms with Crippen LogP contribution in [0.3, 0.4) is 0 Å². The minimum atomic E-state index is -0.397. The smallest absolute Gasteiger partial charge is 0.307 e. The van der Waals surface area contributed by atoms with Crippen molar-refractivity contribution in [2.45, 2.75) is 13.5 Å². The van der Waals surface area contributed by atoms with Crippen LogP contribution in [0.15, 0.2) is 28.4 Å². The maximum atomic E-state index is 12.1. The van der Waals surface area contributed by atoms with Crippen LogP contribution in [-0.4, -0.2) is 34.2 Å². The number of carbonyl (C=O) groups is 3. The Bertz CT molecular complexity index is 896. The molecule has 1 aliphatic rings. The number of nitrogens with one attached hydrogen (secondary N) is 1. The molecule has 0 aliphatic carbocycles. The Kier molecular flexibility index (Phi) is 3.61. The maximum absolute atomic E-state index is 12.1. The minimum absolute atomic E-state index is 0.0992. The van der Waals surface area contributed by atoms with Gasteiger partial charge in [0.15, 0.2) is 0 Å². The van der Waals surface area contributed by atoms with E-state index in [0.717, 1.165) is 16.2 Å². The van der Waals surface area contributed by atoms with E-state index in [1.54, 1.807) is 18.4 Å². The Balaban J connectivity index is 1.80. The third-order valence-electron chi connectivity index (χ3n) is 3.65. The van der Waals surface area contributed by atoms with Gasteiger partial charge in [-0.1, -0.05) is 11.3 Å². The molecule has 0 fully saturated rings.